The van der Waals surface area contributed by atoms with Crippen LogP contribution in [-0.4, -0.2) is 49.4 Å². The molecule has 1 aliphatic heterocycles. The standard InChI is InChI=1S/C21H20FNO4/c1-26-20(24)19-10-13(22)11-23(19)21(25)27-12-18-16-8-4-2-6-14(16)15-7-3-5-9-17(15)18/h2-9,13,18-19H,10-12H2,1H3/t13-,19-/m1/s1. The molecule has 1 amide bonds. The molecule has 140 valence electrons. The molecule has 6 heteroatoms. The van der Waals surface area contributed by atoms with Crippen molar-refractivity contribution in [3.05, 3.63) is 59.7 Å². The molecule has 0 radical (unpaired) electrons. The number of hydrogen-bond donors (Lipinski definition) is 0. The third-order valence-corrected chi connectivity index (χ3v) is 5.29. The number of benzene rings is 2. The summed E-state index contributed by atoms with van der Waals surface area (Å²) in [5.74, 6) is -0.703. The minimum Gasteiger partial charge on any atom is -0.467 e. The number of halogens is 1. The van der Waals surface area contributed by atoms with E-state index < -0.39 is 24.3 Å². The van der Waals surface area contributed by atoms with Crippen LogP contribution in [0.15, 0.2) is 48.5 Å². The van der Waals surface area contributed by atoms with Crippen LogP contribution in [0.5, 0.6) is 0 Å². The molecule has 4 rings (SSSR count). The van der Waals surface area contributed by atoms with E-state index in [9.17, 15) is 14.0 Å². The average molecular weight is 369 g/mol. The molecule has 2 aliphatic rings. The average Bonchev–Trinajstić information content (AvgIpc) is 3.24. The van der Waals surface area contributed by atoms with Crippen molar-refractivity contribution in [1.29, 1.82) is 0 Å². The number of amides is 1. The van der Waals surface area contributed by atoms with E-state index in [1.165, 1.54) is 7.11 Å². The zero-order valence-electron chi connectivity index (χ0n) is 14.9. The normalized spacial score (nSPS) is 20.9. The van der Waals surface area contributed by atoms with E-state index >= 15 is 0 Å². The van der Waals surface area contributed by atoms with Crippen molar-refractivity contribution >= 4 is 12.1 Å². The van der Waals surface area contributed by atoms with Crippen molar-refractivity contribution in [2.45, 2.75) is 24.6 Å². The van der Waals surface area contributed by atoms with Gasteiger partial charge in [-0.05, 0) is 22.3 Å². The van der Waals surface area contributed by atoms with Crippen LogP contribution >= 0.6 is 0 Å². The molecule has 2 atom stereocenters. The number of methoxy groups -OCH3 is 1. The zero-order chi connectivity index (χ0) is 19.0. The van der Waals surface area contributed by atoms with Crippen molar-refractivity contribution in [1.82, 2.24) is 4.90 Å². The SMILES string of the molecule is COC(=O)[C@H]1C[C@@H](F)CN1C(=O)OCC1c2ccccc2-c2ccccc21. The second kappa shape index (κ2) is 7.02. The van der Waals surface area contributed by atoms with Gasteiger partial charge >= 0.3 is 12.1 Å². The number of likely N-dealkylation sites (tertiary alicyclic amines) is 1. The highest BCUT2D eigenvalue weighted by Gasteiger charge is 2.42. The fourth-order valence-corrected chi connectivity index (χ4v) is 4.02. The van der Waals surface area contributed by atoms with Gasteiger partial charge in [-0.1, -0.05) is 48.5 Å². The van der Waals surface area contributed by atoms with Gasteiger partial charge in [0.2, 0.25) is 0 Å². The first kappa shape index (κ1) is 17.5. The first-order chi connectivity index (χ1) is 13.1. The van der Waals surface area contributed by atoms with Crippen molar-refractivity contribution < 1.29 is 23.5 Å². The molecule has 2 aromatic carbocycles. The summed E-state index contributed by atoms with van der Waals surface area (Å²) in [6, 6.07) is 15.1. The molecular weight excluding hydrogens is 349 g/mol. The topological polar surface area (TPSA) is 55.8 Å². The van der Waals surface area contributed by atoms with Gasteiger partial charge in [0, 0.05) is 12.3 Å². The summed E-state index contributed by atoms with van der Waals surface area (Å²) in [4.78, 5) is 25.5. The first-order valence-corrected chi connectivity index (χ1v) is 8.93. The second-order valence-electron chi connectivity index (χ2n) is 6.83. The van der Waals surface area contributed by atoms with Gasteiger partial charge in [-0.15, -0.1) is 0 Å². The molecule has 1 heterocycles. The number of rotatable bonds is 3. The van der Waals surface area contributed by atoms with E-state index in [4.69, 9.17) is 4.74 Å². The third-order valence-electron chi connectivity index (χ3n) is 5.29. The van der Waals surface area contributed by atoms with Gasteiger partial charge in [0.05, 0.1) is 13.7 Å². The van der Waals surface area contributed by atoms with Crippen LogP contribution in [0.2, 0.25) is 0 Å². The van der Waals surface area contributed by atoms with Gasteiger partial charge < -0.3 is 9.47 Å². The monoisotopic (exact) mass is 369 g/mol. The lowest BCUT2D eigenvalue weighted by atomic mass is 9.98. The van der Waals surface area contributed by atoms with E-state index in [2.05, 4.69) is 16.9 Å². The molecule has 1 aliphatic carbocycles. The fourth-order valence-electron chi connectivity index (χ4n) is 4.02. The highest BCUT2D eigenvalue weighted by Crippen LogP contribution is 2.44. The van der Waals surface area contributed by atoms with Crippen molar-refractivity contribution in [3.8, 4) is 11.1 Å². The predicted octanol–water partition coefficient (Wildman–Crippen LogP) is 3.52. The van der Waals surface area contributed by atoms with E-state index in [-0.39, 0.29) is 25.5 Å². The molecule has 27 heavy (non-hydrogen) atoms. The zero-order valence-corrected chi connectivity index (χ0v) is 14.9. The highest BCUT2D eigenvalue weighted by molar-refractivity contribution is 5.82. The fraction of sp³-hybridized carbons (Fsp3) is 0.333. The molecule has 1 saturated heterocycles. The van der Waals surface area contributed by atoms with Crippen LogP contribution in [0.3, 0.4) is 0 Å². The Labute approximate surface area is 156 Å². The van der Waals surface area contributed by atoms with Gasteiger partial charge in [0.1, 0.15) is 18.8 Å². The number of hydrogen-bond acceptors (Lipinski definition) is 4. The Kier molecular flexibility index (Phi) is 4.56. The number of carbonyl (C=O) groups is 2. The quantitative estimate of drug-likeness (QED) is 0.777. The van der Waals surface area contributed by atoms with Crippen LogP contribution in [0.4, 0.5) is 9.18 Å². The number of ether oxygens (including phenoxy) is 2. The van der Waals surface area contributed by atoms with Crippen LogP contribution in [-0.2, 0) is 14.3 Å². The molecule has 0 unspecified atom stereocenters. The molecule has 0 bridgehead atoms. The molecule has 0 N–H and O–H groups in total. The maximum Gasteiger partial charge on any atom is 0.410 e. The van der Waals surface area contributed by atoms with Gasteiger partial charge in [0.25, 0.3) is 0 Å². The van der Waals surface area contributed by atoms with Crippen molar-refractivity contribution in [2.24, 2.45) is 0 Å². The number of esters is 1. The second-order valence-corrected chi connectivity index (χ2v) is 6.83. The molecule has 0 aromatic heterocycles. The maximum atomic E-state index is 13.8. The lowest BCUT2D eigenvalue weighted by Crippen LogP contribution is -2.41. The largest absolute Gasteiger partial charge is 0.467 e. The van der Waals surface area contributed by atoms with Crippen molar-refractivity contribution in [3.63, 3.8) is 0 Å². The summed E-state index contributed by atoms with van der Waals surface area (Å²) in [6.07, 6.45) is -2.00. The summed E-state index contributed by atoms with van der Waals surface area (Å²) in [7, 11) is 1.23. The van der Waals surface area contributed by atoms with E-state index in [1.807, 2.05) is 36.4 Å². The Morgan fingerprint density at radius 2 is 1.67 bits per heavy atom. The smallest absolute Gasteiger partial charge is 0.410 e. The molecule has 1 fully saturated rings. The summed E-state index contributed by atoms with van der Waals surface area (Å²) < 4.78 is 23.9. The Hall–Kier alpha value is -2.89. The van der Waals surface area contributed by atoms with E-state index in [0.717, 1.165) is 27.2 Å². The van der Waals surface area contributed by atoms with Crippen LogP contribution in [0, 0.1) is 0 Å². The summed E-state index contributed by atoms with van der Waals surface area (Å²) in [5, 5.41) is 0. The van der Waals surface area contributed by atoms with Gasteiger partial charge in [-0.25, -0.2) is 14.0 Å². The summed E-state index contributed by atoms with van der Waals surface area (Å²) in [5.41, 5.74) is 4.46. The summed E-state index contributed by atoms with van der Waals surface area (Å²) >= 11 is 0. The summed E-state index contributed by atoms with van der Waals surface area (Å²) in [6.45, 7) is -0.0232. The molecule has 2 aromatic rings. The van der Waals surface area contributed by atoms with E-state index in [0.29, 0.717) is 0 Å². The van der Waals surface area contributed by atoms with Crippen molar-refractivity contribution in [2.75, 3.05) is 20.3 Å². The van der Waals surface area contributed by atoms with Crippen LogP contribution in [0.25, 0.3) is 11.1 Å². The number of fused-ring (bicyclic) bond motifs is 3. The number of carbonyl (C=O) groups excluding carboxylic acids is 2. The molecule has 0 saturated carbocycles. The predicted molar refractivity (Wildman–Crippen MR) is 97.1 cm³/mol. The lowest BCUT2D eigenvalue weighted by Gasteiger charge is -2.23. The molecular formula is C21H20FNO4. The molecule has 0 spiro atoms. The van der Waals surface area contributed by atoms with E-state index in [1.54, 1.807) is 0 Å². The van der Waals surface area contributed by atoms with Gasteiger partial charge in [0.15, 0.2) is 0 Å². The van der Waals surface area contributed by atoms with Gasteiger partial charge in [-0.2, -0.15) is 0 Å². The Bertz CT molecular complexity index is 838. The van der Waals surface area contributed by atoms with Crippen LogP contribution < -0.4 is 0 Å². The Balaban J connectivity index is 1.52. The minimum absolute atomic E-state index is 0.0587. The number of nitrogens with zero attached hydrogens (tertiary/aromatic N) is 1. The maximum absolute atomic E-state index is 13.8. The third kappa shape index (κ3) is 3.05. The molecule has 5 nitrogen and oxygen atoms in total. The first-order valence-electron chi connectivity index (χ1n) is 8.93. The number of alkyl halides is 1. The Morgan fingerprint density at radius 3 is 2.26 bits per heavy atom. The minimum atomic E-state index is -1.26. The highest BCUT2D eigenvalue weighted by atomic mass is 19.1. The Morgan fingerprint density at radius 1 is 1.07 bits per heavy atom. The van der Waals surface area contributed by atoms with Gasteiger partial charge in [-0.3, -0.25) is 4.90 Å². The van der Waals surface area contributed by atoms with Crippen LogP contribution in [0.1, 0.15) is 23.5 Å². The lowest BCUT2D eigenvalue weighted by molar-refractivity contribution is -0.145.